The van der Waals surface area contributed by atoms with Crippen molar-refractivity contribution in [3.05, 3.63) is 35.7 Å². The van der Waals surface area contributed by atoms with Gasteiger partial charge in [-0.3, -0.25) is 0 Å². The monoisotopic (exact) mass is 184 g/mol. The number of aromatic nitrogens is 2. The minimum atomic E-state index is 1.21. The van der Waals surface area contributed by atoms with E-state index >= 15 is 0 Å². The van der Waals surface area contributed by atoms with Crippen LogP contribution in [0.5, 0.6) is 0 Å². The molecule has 0 atom stereocenters. The number of H-pyrrole nitrogens is 2. The van der Waals surface area contributed by atoms with Crippen molar-refractivity contribution < 1.29 is 0 Å². The van der Waals surface area contributed by atoms with Gasteiger partial charge < -0.3 is 9.97 Å². The molecule has 0 aliphatic rings. The van der Waals surface area contributed by atoms with Crippen LogP contribution in [0.15, 0.2) is 24.3 Å². The van der Waals surface area contributed by atoms with Crippen molar-refractivity contribution in [2.75, 3.05) is 0 Å². The van der Waals surface area contributed by atoms with Crippen molar-refractivity contribution in [2.45, 2.75) is 13.8 Å². The SMILES string of the molecule is Cc1cc2c(ccc3cc(C)[nH]c32)[nH]1. The van der Waals surface area contributed by atoms with Gasteiger partial charge in [0.2, 0.25) is 0 Å². The lowest BCUT2D eigenvalue weighted by molar-refractivity contribution is 1.30. The maximum atomic E-state index is 3.39. The van der Waals surface area contributed by atoms with Crippen LogP contribution in [0.25, 0.3) is 21.8 Å². The van der Waals surface area contributed by atoms with Gasteiger partial charge in [-0.1, -0.05) is 6.07 Å². The average molecular weight is 184 g/mol. The van der Waals surface area contributed by atoms with E-state index < -0.39 is 0 Å². The maximum absolute atomic E-state index is 3.39. The molecule has 0 radical (unpaired) electrons. The molecule has 2 N–H and O–H groups in total. The molecule has 2 nitrogen and oxygen atoms in total. The molecule has 0 saturated carbocycles. The summed E-state index contributed by atoms with van der Waals surface area (Å²) in [5.74, 6) is 0. The Morgan fingerprint density at radius 3 is 2.57 bits per heavy atom. The molecule has 0 fully saturated rings. The van der Waals surface area contributed by atoms with Gasteiger partial charge in [-0.05, 0) is 32.0 Å². The van der Waals surface area contributed by atoms with Crippen LogP contribution in [0.3, 0.4) is 0 Å². The molecule has 1 aromatic carbocycles. The number of nitrogens with one attached hydrogen (secondary N) is 2. The molecule has 2 heterocycles. The number of aryl methyl sites for hydroxylation is 2. The Bertz CT molecular complexity index is 558. The summed E-state index contributed by atoms with van der Waals surface area (Å²) in [6.45, 7) is 4.17. The lowest BCUT2D eigenvalue weighted by Crippen LogP contribution is -1.71. The predicted molar refractivity (Wildman–Crippen MR) is 59.6 cm³/mol. The second-order valence-corrected chi connectivity index (χ2v) is 3.90. The number of fused-ring (bicyclic) bond motifs is 3. The average Bonchev–Trinajstić information content (AvgIpc) is 2.65. The minimum Gasteiger partial charge on any atom is -0.359 e. The molecule has 0 saturated heterocycles. The lowest BCUT2D eigenvalue weighted by atomic mass is 10.2. The van der Waals surface area contributed by atoms with Crippen LogP contribution in [0, 0.1) is 13.8 Å². The van der Waals surface area contributed by atoms with Crippen molar-refractivity contribution >= 4 is 21.8 Å². The third-order valence-electron chi connectivity index (χ3n) is 2.66. The Hall–Kier alpha value is -1.70. The highest BCUT2D eigenvalue weighted by atomic mass is 14.7. The summed E-state index contributed by atoms with van der Waals surface area (Å²) < 4.78 is 0. The minimum absolute atomic E-state index is 1.21. The highest BCUT2D eigenvalue weighted by molar-refractivity contribution is 6.05. The molecular formula is C12H12N2. The van der Waals surface area contributed by atoms with Gasteiger partial charge in [-0.2, -0.15) is 0 Å². The summed E-state index contributed by atoms with van der Waals surface area (Å²) in [7, 11) is 0. The number of hydrogen-bond acceptors (Lipinski definition) is 0. The maximum Gasteiger partial charge on any atom is 0.0551 e. The Balaban J connectivity index is 2.58. The largest absolute Gasteiger partial charge is 0.359 e. The van der Waals surface area contributed by atoms with Crippen molar-refractivity contribution in [1.82, 2.24) is 9.97 Å². The van der Waals surface area contributed by atoms with Crippen molar-refractivity contribution in [3.8, 4) is 0 Å². The fourth-order valence-electron chi connectivity index (χ4n) is 2.09. The van der Waals surface area contributed by atoms with Gasteiger partial charge >= 0.3 is 0 Å². The van der Waals surface area contributed by atoms with E-state index in [0.717, 1.165) is 0 Å². The molecule has 2 heteroatoms. The standard InChI is InChI=1S/C12H12N2/c1-7-5-9-3-4-11-10(12(9)14-7)6-8(2)13-11/h3-6,13-14H,1-2H3. The van der Waals surface area contributed by atoms with Gasteiger partial charge in [0.05, 0.1) is 5.52 Å². The van der Waals surface area contributed by atoms with Crippen LogP contribution in [0.2, 0.25) is 0 Å². The topological polar surface area (TPSA) is 31.6 Å². The van der Waals surface area contributed by atoms with E-state index in [-0.39, 0.29) is 0 Å². The van der Waals surface area contributed by atoms with E-state index in [1.807, 2.05) is 0 Å². The van der Waals surface area contributed by atoms with Crippen LogP contribution in [-0.2, 0) is 0 Å². The molecule has 0 amide bonds. The first-order valence-corrected chi connectivity index (χ1v) is 4.82. The van der Waals surface area contributed by atoms with E-state index in [1.54, 1.807) is 0 Å². The molecule has 3 aromatic rings. The number of benzene rings is 1. The molecule has 3 rings (SSSR count). The van der Waals surface area contributed by atoms with Crippen LogP contribution < -0.4 is 0 Å². The Morgan fingerprint density at radius 1 is 0.929 bits per heavy atom. The smallest absolute Gasteiger partial charge is 0.0551 e. The van der Waals surface area contributed by atoms with Crippen LogP contribution in [-0.4, -0.2) is 9.97 Å². The Morgan fingerprint density at radius 2 is 1.71 bits per heavy atom. The molecule has 0 spiro atoms. The van der Waals surface area contributed by atoms with Gasteiger partial charge in [0.15, 0.2) is 0 Å². The zero-order valence-electron chi connectivity index (χ0n) is 8.31. The van der Waals surface area contributed by atoms with Crippen molar-refractivity contribution in [3.63, 3.8) is 0 Å². The van der Waals surface area contributed by atoms with E-state index in [9.17, 15) is 0 Å². The van der Waals surface area contributed by atoms with E-state index in [4.69, 9.17) is 0 Å². The predicted octanol–water partition coefficient (Wildman–Crippen LogP) is 3.27. The van der Waals surface area contributed by atoms with E-state index in [2.05, 4.69) is 48.1 Å². The first-order valence-electron chi connectivity index (χ1n) is 4.82. The fraction of sp³-hybridized carbons (Fsp3) is 0.167. The molecular weight excluding hydrogens is 172 g/mol. The zero-order valence-corrected chi connectivity index (χ0v) is 8.31. The fourth-order valence-corrected chi connectivity index (χ4v) is 2.09. The number of rotatable bonds is 0. The molecule has 2 aromatic heterocycles. The first-order chi connectivity index (χ1) is 6.74. The Labute approximate surface area is 81.9 Å². The molecule has 0 bridgehead atoms. The zero-order chi connectivity index (χ0) is 9.71. The summed E-state index contributed by atoms with van der Waals surface area (Å²) >= 11 is 0. The molecule has 14 heavy (non-hydrogen) atoms. The van der Waals surface area contributed by atoms with E-state index in [0.29, 0.717) is 0 Å². The molecule has 0 unspecified atom stereocenters. The summed E-state index contributed by atoms with van der Waals surface area (Å²) in [6, 6.07) is 8.65. The highest BCUT2D eigenvalue weighted by Gasteiger charge is 2.04. The third-order valence-corrected chi connectivity index (χ3v) is 2.66. The quantitative estimate of drug-likeness (QED) is 0.537. The second kappa shape index (κ2) is 2.41. The molecule has 70 valence electrons. The van der Waals surface area contributed by atoms with Crippen LogP contribution in [0.4, 0.5) is 0 Å². The van der Waals surface area contributed by atoms with Gasteiger partial charge in [0.25, 0.3) is 0 Å². The van der Waals surface area contributed by atoms with Crippen LogP contribution in [0.1, 0.15) is 11.4 Å². The number of hydrogen-bond donors (Lipinski definition) is 2. The summed E-state index contributed by atoms with van der Waals surface area (Å²) in [5, 5.41) is 2.57. The highest BCUT2D eigenvalue weighted by Crippen LogP contribution is 2.25. The summed E-state index contributed by atoms with van der Waals surface area (Å²) in [6.07, 6.45) is 0. The second-order valence-electron chi connectivity index (χ2n) is 3.90. The lowest BCUT2D eigenvalue weighted by Gasteiger charge is -1.91. The van der Waals surface area contributed by atoms with Gasteiger partial charge in [-0.25, -0.2) is 0 Å². The third kappa shape index (κ3) is 0.909. The summed E-state index contributed by atoms with van der Waals surface area (Å²) in [4.78, 5) is 6.73. The summed E-state index contributed by atoms with van der Waals surface area (Å²) in [5.41, 5.74) is 4.87. The van der Waals surface area contributed by atoms with Gasteiger partial charge in [0.1, 0.15) is 0 Å². The number of aromatic amines is 2. The van der Waals surface area contributed by atoms with Gasteiger partial charge in [0, 0.05) is 27.7 Å². The normalized spacial score (nSPS) is 11.6. The Kier molecular flexibility index (Phi) is 1.32. The van der Waals surface area contributed by atoms with Gasteiger partial charge in [-0.15, -0.1) is 0 Å². The van der Waals surface area contributed by atoms with E-state index in [1.165, 1.54) is 33.2 Å². The van der Waals surface area contributed by atoms with Crippen molar-refractivity contribution in [1.29, 1.82) is 0 Å². The van der Waals surface area contributed by atoms with Crippen LogP contribution >= 0.6 is 0 Å². The first kappa shape index (κ1) is 7.68. The van der Waals surface area contributed by atoms with Crippen molar-refractivity contribution in [2.24, 2.45) is 0 Å². The molecule has 0 aliphatic carbocycles. The molecule has 0 aliphatic heterocycles.